The average Bonchev–Trinajstić information content (AvgIpc) is 3.49. The van der Waals surface area contributed by atoms with E-state index in [-0.39, 0.29) is 11.8 Å². The fourth-order valence-corrected chi connectivity index (χ4v) is 5.82. The van der Waals surface area contributed by atoms with Gasteiger partial charge in [-0.05, 0) is 66.2 Å². The van der Waals surface area contributed by atoms with Crippen molar-refractivity contribution in [1.29, 1.82) is 0 Å². The van der Waals surface area contributed by atoms with Gasteiger partial charge in [0.05, 0.1) is 19.9 Å². The van der Waals surface area contributed by atoms with Crippen LogP contribution in [0.25, 0.3) is 11.3 Å². The first-order valence-electron chi connectivity index (χ1n) is 12.7. The van der Waals surface area contributed by atoms with Crippen molar-refractivity contribution in [2.75, 3.05) is 24.9 Å². The molecule has 0 spiro atoms. The molecule has 5 aromatic rings. The van der Waals surface area contributed by atoms with Gasteiger partial charge < -0.3 is 20.1 Å². The molecule has 2 amide bonds. The molecule has 7 nitrogen and oxygen atoms in total. The maximum Gasteiger partial charge on any atom is 0.255 e. The highest BCUT2D eigenvalue weighted by atomic mass is 32.2. The van der Waals surface area contributed by atoms with E-state index in [0.29, 0.717) is 22.1 Å². The summed E-state index contributed by atoms with van der Waals surface area (Å²) in [5.41, 5.74) is 3.65. The number of hydrogen-bond acceptors (Lipinski definition) is 7. The highest BCUT2D eigenvalue weighted by molar-refractivity contribution is 8.00. The van der Waals surface area contributed by atoms with Crippen molar-refractivity contribution < 1.29 is 19.1 Å². The Labute approximate surface area is 246 Å². The Hall–Kier alpha value is -4.60. The number of benzene rings is 4. The minimum absolute atomic E-state index is 0.181. The summed E-state index contributed by atoms with van der Waals surface area (Å²) in [6.07, 6.45) is 0. The third kappa shape index (κ3) is 6.95. The number of carbonyl (C=O) groups excluding carboxylic acids is 2. The van der Waals surface area contributed by atoms with Gasteiger partial charge in [-0.25, -0.2) is 4.98 Å². The highest BCUT2D eigenvalue weighted by Gasteiger charge is 2.23. The predicted octanol–water partition coefficient (Wildman–Crippen LogP) is 7.55. The molecule has 0 aliphatic rings. The Kier molecular flexibility index (Phi) is 8.98. The third-order valence-electron chi connectivity index (χ3n) is 6.18. The SMILES string of the molecule is COc1ccc(C(=O)Nc2ccc(SC(C(=O)Nc3nc(-c4ccccc4OC)cs3)c3ccccc3)cc2)cc1. The molecule has 1 heterocycles. The summed E-state index contributed by atoms with van der Waals surface area (Å²) < 4.78 is 10.6. The van der Waals surface area contributed by atoms with Gasteiger partial charge in [0.1, 0.15) is 16.7 Å². The first-order valence-corrected chi connectivity index (χ1v) is 14.5. The van der Waals surface area contributed by atoms with Crippen molar-refractivity contribution in [2.24, 2.45) is 0 Å². The number of nitrogens with one attached hydrogen (secondary N) is 2. The predicted molar refractivity (Wildman–Crippen MR) is 165 cm³/mol. The van der Waals surface area contributed by atoms with E-state index in [4.69, 9.17) is 9.47 Å². The van der Waals surface area contributed by atoms with E-state index in [1.807, 2.05) is 84.2 Å². The van der Waals surface area contributed by atoms with Gasteiger partial charge in [-0.2, -0.15) is 0 Å². The van der Waals surface area contributed by atoms with Gasteiger partial charge in [0.25, 0.3) is 5.91 Å². The molecule has 41 heavy (non-hydrogen) atoms. The molecule has 9 heteroatoms. The van der Waals surface area contributed by atoms with E-state index in [9.17, 15) is 9.59 Å². The molecule has 0 saturated heterocycles. The molecule has 1 aromatic heterocycles. The summed E-state index contributed by atoms with van der Waals surface area (Å²) in [7, 11) is 3.20. The highest BCUT2D eigenvalue weighted by Crippen LogP contribution is 2.38. The molecular formula is C32H27N3O4S2. The van der Waals surface area contributed by atoms with Crippen LogP contribution in [0, 0.1) is 0 Å². The molecule has 1 unspecified atom stereocenters. The smallest absolute Gasteiger partial charge is 0.255 e. The van der Waals surface area contributed by atoms with E-state index >= 15 is 0 Å². The molecular weight excluding hydrogens is 555 g/mol. The molecule has 0 aliphatic heterocycles. The standard InChI is InChI=1S/C32H27N3O4S2/c1-38-24-16-12-22(13-17-24)30(36)33-23-14-18-25(19-15-23)41-29(21-8-4-3-5-9-21)31(37)35-32-34-27(20-40-32)26-10-6-7-11-28(26)39-2/h3-20,29H,1-2H3,(H,33,36)(H,34,35,37). The number of thioether (sulfide) groups is 1. The van der Waals surface area contributed by atoms with Crippen LogP contribution in [0.15, 0.2) is 113 Å². The van der Waals surface area contributed by atoms with Crippen LogP contribution in [0.1, 0.15) is 21.2 Å². The van der Waals surface area contributed by atoms with Gasteiger partial charge in [-0.3, -0.25) is 9.59 Å². The maximum atomic E-state index is 13.5. The molecule has 0 saturated carbocycles. The second-order valence-corrected chi connectivity index (χ2v) is 10.9. The Bertz CT molecular complexity index is 1620. The minimum Gasteiger partial charge on any atom is -0.497 e. The quantitative estimate of drug-likeness (QED) is 0.166. The summed E-state index contributed by atoms with van der Waals surface area (Å²) >= 11 is 2.79. The number of nitrogens with zero attached hydrogens (tertiary/aromatic N) is 1. The number of aromatic nitrogens is 1. The number of rotatable bonds is 10. The Morgan fingerprint density at radius 2 is 1.51 bits per heavy atom. The lowest BCUT2D eigenvalue weighted by molar-refractivity contribution is -0.115. The molecule has 2 N–H and O–H groups in total. The van der Waals surface area contributed by atoms with Crippen LogP contribution in [0.2, 0.25) is 0 Å². The van der Waals surface area contributed by atoms with Crippen LogP contribution in [-0.4, -0.2) is 31.0 Å². The van der Waals surface area contributed by atoms with Crippen LogP contribution < -0.4 is 20.1 Å². The number of amides is 2. The number of carbonyl (C=O) groups is 2. The van der Waals surface area contributed by atoms with Crippen LogP contribution in [0.3, 0.4) is 0 Å². The molecule has 5 rings (SSSR count). The monoisotopic (exact) mass is 581 g/mol. The molecule has 0 aliphatic carbocycles. The fourth-order valence-electron chi connectivity index (χ4n) is 4.08. The van der Waals surface area contributed by atoms with Crippen molar-refractivity contribution in [2.45, 2.75) is 10.1 Å². The largest absolute Gasteiger partial charge is 0.497 e. The van der Waals surface area contributed by atoms with Gasteiger partial charge >= 0.3 is 0 Å². The van der Waals surface area contributed by atoms with Crippen LogP contribution in [-0.2, 0) is 4.79 Å². The van der Waals surface area contributed by atoms with Crippen LogP contribution >= 0.6 is 23.1 Å². The second-order valence-electron chi connectivity index (χ2n) is 8.84. The topological polar surface area (TPSA) is 89.5 Å². The summed E-state index contributed by atoms with van der Waals surface area (Å²) in [6.45, 7) is 0. The number of thiazole rings is 1. The number of anilines is 2. The van der Waals surface area contributed by atoms with Crippen LogP contribution in [0.4, 0.5) is 10.8 Å². The zero-order valence-electron chi connectivity index (χ0n) is 22.4. The van der Waals surface area contributed by atoms with Gasteiger partial charge in [0, 0.05) is 27.1 Å². The van der Waals surface area contributed by atoms with Gasteiger partial charge in [0.15, 0.2) is 5.13 Å². The van der Waals surface area contributed by atoms with Crippen molar-refractivity contribution >= 4 is 45.7 Å². The lowest BCUT2D eigenvalue weighted by Crippen LogP contribution is -2.19. The Balaban J connectivity index is 1.29. The van der Waals surface area contributed by atoms with E-state index in [1.54, 1.807) is 38.5 Å². The lowest BCUT2D eigenvalue weighted by Gasteiger charge is -2.16. The second kappa shape index (κ2) is 13.2. The molecule has 4 aromatic carbocycles. The molecule has 0 radical (unpaired) electrons. The summed E-state index contributed by atoms with van der Waals surface area (Å²) in [6, 6.07) is 31.6. The van der Waals surface area contributed by atoms with Gasteiger partial charge in [-0.15, -0.1) is 23.1 Å². The average molecular weight is 582 g/mol. The van der Waals surface area contributed by atoms with Crippen LogP contribution in [0.5, 0.6) is 11.5 Å². The molecule has 1 atom stereocenters. The summed E-state index contributed by atoms with van der Waals surface area (Å²) in [5.74, 6) is 1.01. The maximum absolute atomic E-state index is 13.5. The van der Waals surface area contributed by atoms with Crippen molar-refractivity contribution in [1.82, 2.24) is 4.98 Å². The number of para-hydroxylation sites is 1. The van der Waals surface area contributed by atoms with E-state index < -0.39 is 5.25 Å². The summed E-state index contributed by atoms with van der Waals surface area (Å²) in [5, 5.41) is 7.79. The molecule has 0 bridgehead atoms. The van der Waals surface area contributed by atoms with Crippen molar-refractivity contribution in [3.05, 3.63) is 120 Å². The van der Waals surface area contributed by atoms with Gasteiger partial charge in [-0.1, -0.05) is 42.5 Å². The zero-order chi connectivity index (χ0) is 28.6. The zero-order valence-corrected chi connectivity index (χ0v) is 24.0. The van der Waals surface area contributed by atoms with E-state index in [2.05, 4.69) is 15.6 Å². The number of ether oxygens (including phenoxy) is 2. The number of methoxy groups -OCH3 is 2. The normalized spacial score (nSPS) is 11.4. The first-order chi connectivity index (χ1) is 20.0. The summed E-state index contributed by atoms with van der Waals surface area (Å²) in [4.78, 5) is 31.7. The Morgan fingerprint density at radius 1 is 0.805 bits per heavy atom. The lowest BCUT2D eigenvalue weighted by atomic mass is 10.1. The van der Waals surface area contributed by atoms with Crippen molar-refractivity contribution in [3.8, 4) is 22.8 Å². The van der Waals surface area contributed by atoms with Crippen molar-refractivity contribution in [3.63, 3.8) is 0 Å². The number of hydrogen-bond donors (Lipinski definition) is 2. The molecule has 206 valence electrons. The third-order valence-corrected chi connectivity index (χ3v) is 8.20. The minimum atomic E-state index is -0.519. The molecule has 0 fully saturated rings. The van der Waals surface area contributed by atoms with E-state index in [0.717, 1.165) is 27.5 Å². The van der Waals surface area contributed by atoms with Gasteiger partial charge in [0.2, 0.25) is 5.91 Å². The van der Waals surface area contributed by atoms with E-state index in [1.165, 1.54) is 23.1 Å². The Morgan fingerprint density at radius 3 is 2.22 bits per heavy atom. The fraction of sp³-hybridized carbons (Fsp3) is 0.0938. The first kappa shape index (κ1) is 27.9.